The lowest BCUT2D eigenvalue weighted by Gasteiger charge is -2.33. The summed E-state index contributed by atoms with van der Waals surface area (Å²) < 4.78 is 81.4. The van der Waals surface area contributed by atoms with Crippen LogP contribution in [0.25, 0.3) is 0 Å². The van der Waals surface area contributed by atoms with Crippen molar-refractivity contribution >= 4 is 11.9 Å². The second kappa shape index (κ2) is 14.7. The molecule has 0 amide bonds. The highest BCUT2D eigenvalue weighted by Gasteiger charge is 2.43. The van der Waals surface area contributed by atoms with Gasteiger partial charge in [-0.25, -0.2) is 9.59 Å². The van der Waals surface area contributed by atoms with Gasteiger partial charge in [0.25, 0.3) is 0 Å². The van der Waals surface area contributed by atoms with E-state index in [9.17, 15) is 26.3 Å². The molecule has 0 radical (unpaired) electrons. The van der Waals surface area contributed by atoms with E-state index in [4.69, 9.17) is 34.0 Å². The van der Waals surface area contributed by atoms with Gasteiger partial charge in [-0.05, 0) is 25.0 Å². The molecule has 2 atom stereocenters. The normalized spacial score (nSPS) is 24.6. The van der Waals surface area contributed by atoms with Crippen LogP contribution in [0.4, 0.5) is 26.3 Å². The van der Waals surface area contributed by atoms with Crippen molar-refractivity contribution in [1.29, 1.82) is 0 Å². The average molecular weight is 576 g/mol. The number of nitrogens with zero attached hydrogens (tertiary/aromatic N) is 3. The maximum atomic E-state index is 10.6. The number of aliphatic carboxylic acids is 2. The molecule has 1 aromatic rings. The first kappa shape index (κ1) is 32.7. The van der Waals surface area contributed by atoms with Crippen LogP contribution in [-0.2, 0) is 30.3 Å². The number of hydrogen-bond donors (Lipinski definition) is 2. The number of halogens is 6. The first-order chi connectivity index (χ1) is 18.2. The number of hydrogen-bond acceptors (Lipinski definition) is 8. The molecule has 4 heterocycles. The zero-order valence-electron chi connectivity index (χ0n) is 20.9. The third-order valence-electron chi connectivity index (χ3n) is 5.93. The summed E-state index contributed by atoms with van der Waals surface area (Å²) in [6.45, 7) is 8.98. The van der Waals surface area contributed by atoms with Crippen molar-refractivity contribution in [2.24, 2.45) is 0 Å². The van der Waals surface area contributed by atoms with Crippen molar-refractivity contribution in [3.8, 4) is 0 Å². The van der Waals surface area contributed by atoms with E-state index in [1.165, 1.54) is 0 Å². The molecule has 1 spiro atoms. The number of ether oxygens (including phenoxy) is 3. The Morgan fingerprint density at radius 2 is 1.51 bits per heavy atom. The number of pyridine rings is 1. The third-order valence-corrected chi connectivity index (χ3v) is 5.93. The molecule has 0 saturated carbocycles. The Labute approximate surface area is 220 Å². The predicted octanol–water partition coefficient (Wildman–Crippen LogP) is 2.43. The Morgan fingerprint density at radius 3 is 2.05 bits per heavy atom. The van der Waals surface area contributed by atoms with Gasteiger partial charge in [0, 0.05) is 45.5 Å². The lowest BCUT2D eigenvalue weighted by Crippen LogP contribution is -2.46. The molecule has 222 valence electrons. The zero-order chi connectivity index (χ0) is 29.1. The molecular weight excluding hydrogens is 544 g/mol. The number of carboxylic acid groups (broad SMARTS) is 2. The maximum absolute atomic E-state index is 10.6. The van der Waals surface area contributed by atoms with Crippen LogP contribution in [0.2, 0.25) is 0 Å². The molecule has 0 bridgehead atoms. The number of alkyl halides is 6. The second-order valence-electron chi connectivity index (χ2n) is 9.06. The Bertz CT molecular complexity index is 876. The fourth-order valence-electron chi connectivity index (χ4n) is 4.16. The Morgan fingerprint density at radius 1 is 0.949 bits per heavy atom. The molecule has 0 aromatic carbocycles. The van der Waals surface area contributed by atoms with Crippen molar-refractivity contribution in [2.45, 2.75) is 43.4 Å². The second-order valence-corrected chi connectivity index (χ2v) is 9.06. The van der Waals surface area contributed by atoms with Gasteiger partial charge in [0.2, 0.25) is 0 Å². The van der Waals surface area contributed by atoms with Gasteiger partial charge in [-0.1, -0.05) is 6.07 Å². The van der Waals surface area contributed by atoms with Gasteiger partial charge in [-0.15, -0.1) is 0 Å². The molecule has 0 aliphatic carbocycles. The lowest BCUT2D eigenvalue weighted by molar-refractivity contribution is -0.193. The largest absolute Gasteiger partial charge is 0.490 e. The summed E-state index contributed by atoms with van der Waals surface area (Å²) in [5.74, 6) is -5.51. The van der Waals surface area contributed by atoms with Crippen LogP contribution >= 0.6 is 0 Å². The molecule has 4 rings (SSSR count). The Kier molecular flexibility index (Phi) is 12.4. The van der Waals surface area contributed by atoms with Crippen molar-refractivity contribution < 1.29 is 60.4 Å². The molecule has 3 aliphatic heterocycles. The number of rotatable bonds is 4. The van der Waals surface area contributed by atoms with Crippen LogP contribution in [0.1, 0.15) is 18.5 Å². The van der Waals surface area contributed by atoms with E-state index in [0.29, 0.717) is 12.7 Å². The topological polar surface area (TPSA) is 122 Å². The predicted molar refractivity (Wildman–Crippen MR) is 122 cm³/mol. The minimum absolute atomic E-state index is 0.151. The van der Waals surface area contributed by atoms with Crippen LogP contribution in [-0.4, -0.2) is 120 Å². The molecule has 3 aliphatic rings. The van der Waals surface area contributed by atoms with E-state index in [2.05, 4.69) is 26.9 Å². The highest BCUT2D eigenvalue weighted by molar-refractivity contribution is 5.73. The molecule has 2 N–H and O–H groups in total. The molecule has 3 saturated heterocycles. The van der Waals surface area contributed by atoms with Crippen LogP contribution in [0, 0.1) is 0 Å². The van der Waals surface area contributed by atoms with E-state index in [0.717, 1.165) is 77.6 Å². The molecule has 3 fully saturated rings. The molecular formula is C23H31F6N3O7. The van der Waals surface area contributed by atoms with Gasteiger partial charge in [0.15, 0.2) is 0 Å². The summed E-state index contributed by atoms with van der Waals surface area (Å²) in [6, 6.07) is 6.11. The maximum Gasteiger partial charge on any atom is 0.490 e. The van der Waals surface area contributed by atoms with Crippen molar-refractivity contribution in [2.75, 3.05) is 59.2 Å². The standard InChI is InChI=1S/C19H29N3O3.2C2HF3O2/c1-2-6-20-17(3-1)13-22-9-12-24-16-19(15-22)5-4-18(25-19)14-21-7-10-23-11-8-21;2*3-2(4,5)1(6)7/h1-3,6,18H,4-5,7-16H2;2*(H,6,7). The van der Waals surface area contributed by atoms with Gasteiger partial charge in [0.05, 0.1) is 38.2 Å². The van der Waals surface area contributed by atoms with Gasteiger partial charge < -0.3 is 24.4 Å². The van der Waals surface area contributed by atoms with Crippen LogP contribution in [0.15, 0.2) is 24.4 Å². The smallest absolute Gasteiger partial charge is 0.475 e. The SMILES string of the molecule is O=C(O)C(F)(F)F.O=C(O)C(F)(F)F.c1ccc(CN2CCOCC3(CCC(CN4CCOCC4)O3)C2)nc1. The van der Waals surface area contributed by atoms with Crippen LogP contribution in [0.5, 0.6) is 0 Å². The van der Waals surface area contributed by atoms with Gasteiger partial charge in [0.1, 0.15) is 5.60 Å². The average Bonchev–Trinajstić information content (AvgIpc) is 3.13. The molecule has 10 nitrogen and oxygen atoms in total. The summed E-state index contributed by atoms with van der Waals surface area (Å²) in [6.07, 6.45) is -5.78. The number of carbonyl (C=O) groups is 2. The van der Waals surface area contributed by atoms with E-state index < -0.39 is 24.3 Å². The zero-order valence-corrected chi connectivity index (χ0v) is 20.9. The summed E-state index contributed by atoms with van der Waals surface area (Å²) in [5, 5.41) is 14.2. The first-order valence-corrected chi connectivity index (χ1v) is 12.0. The van der Waals surface area contributed by atoms with Crippen molar-refractivity contribution in [3.05, 3.63) is 30.1 Å². The fraction of sp³-hybridized carbons (Fsp3) is 0.696. The highest BCUT2D eigenvalue weighted by Crippen LogP contribution is 2.33. The summed E-state index contributed by atoms with van der Waals surface area (Å²) >= 11 is 0. The minimum Gasteiger partial charge on any atom is -0.475 e. The third kappa shape index (κ3) is 12.0. The Hall–Kier alpha value is -2.53. The first-order valence-electron chi connectivity index (χ1n) is 12.0. The summed E-state index contributed by atoms with van der Waals surface area (Å²) in [5.41, 5.74) is 0.963. The quantitative estimate of drug-likeness (QED) is 0.518. The highest BCUT2D eigenvalue weighted by atomic mass is 19.4. The van der Waals surface area contributed by atoms with Crippen molar-refractivity contribution in [1.82, 2.24) is 14.8 Å². The van der Waals surface area contributed by atoms with E-state index >= 15 is 0 Å². The number of carboxylic acids is 2. The molecule has 1 aromatic heterocycles. The van der Waals surface area contributed by atoms with E-state index in [1.54, 1.807) is 0 Å². The number of morpholine rings is 1. The summed E-state index contributed by atoms with van der Waals surface area (Å²) in [7, 11) is 0. The van der Waals surface area contributed by atoms with Gasteiger partial charge in [-0.2, -0.15) is 26.3 Å². The fourth-order valence-corrected chi connectivity index (χ4v) is 4.16. The number of aromatic nitrogens is 1. The van der Waals surface area contributed by atoms with E-state index in [-0.39, 0.29) is 5.60 Å². The Balaban J connectivity index is 0.000000317. The van der Waals surface area contributed by atoms with Crippen LogP contribution in [0.3, 0.4) is 0 Å². The molecule has 2 unspecified atom stereocenters. The minimum atomic E-state index is -5.08. The summed E-state index contributed by atoms with van der Waals surface area (Å²) in [4.78, 5) is 27.2. The molecule has 39 heavy (non-hydrogen) atoms. The van der Waals surface area contributed by atoms with E-state index in [1.807, 2.05) is 12.3 Å². The lowest BCUT2D eigenvalue weighted by atomic mass is 10.00. The van der Waals surface area contributed by atoms with Crippen LogP contribution < -0.4 is 0 Å². The monoisotopic (exact) mass is 575 g/mol. The van der Waals surface area contributed by atoms with Crippen molar-refractivity contribution in [3.63, 3.8) is 0 Å². The van der Waals surface area contributed by atoms with Gasteiger partial charge >= 0.3 is 24.3 Å². The van der Waals surface area contributed by atoms with Gasteiger partial charge in [-0.3, -0.25) is 14.8 Å². The molecule has 16 heteroatoms.